The Kier molecular flexibility index (Phi) is 5.59. The normalized spacial score (nSPS) is 20.7. The highest BCUT2D eigenvalue weighted by Crippen LogP contribution is 2.42. The van der Waals surface area contributed by atoms with E-state index in [1.165, 1.54) is 18.1 Å². The summed E-state index contributed by atoms with van der Waals surface area (Å²) in [4.78, 5) is 24.5. The number of anilines is 1. The molecule has 2 saturated heterocycles. The van der Waals surface area contributed by atoms with Gasteiger partial charge in [0.1, 0.15) is 25.2 Å². The number of rotatable bonds is 6. The first-order chi connectivity index (χ1) is 17.7. The van der Waals surface area contributed by atoms with Crippen LogP contribution < -0.4 is 10.6 Å². The van der Waals surface area contributed by atoms with Gasteiger partial charge in [0.15, 0.2) is 5.65 Å². The lowest BCUT2D eigenvalue weighted by atomic mass is 9.86. The Bertz CT molecular complexity index is 1480. The molecule has 2 fully saturated rings. The van der Waals surface area contributed by atoms with Crippen molar-refractivity contribution in [2.24, 2.45) is 11.1 Å². The number of likely N-dealkylation sites (tertiary alicyclic amines) is 1. The van der Waals surface area contributed by atoms with Crippen LogP contribution >= 0.6 is 0 Å². The highest BCUT2D eigenvalue weighted by atomic mass is 19.4. The molecule has 1 spiro atoms. The molecule has 5 heterocycles. The Balaban J connectivity index is 1.16. The van der Waals surface area contributed by atoms with Gasteiger partial charge in [-0.05, 0) is 42.5 Å². The molecule has 3 aromatic heterocycles. The molecule has 9 nitrogen and oxygen atoms in total. The minimum atomic E-state index is -4.35. The number of alkyl halides is 3. The highest BCUT2D eigenvalue weighted by Gasteiger charge is 2.44. The van der Waals surface area contributed by atoms with E-state index in [1.807, 2.05) is 16.8 Å². The van der Waals surface area contributed by atoms with Crippen molar-refractivity contribution in [1.82, 2.24) is 29.2 Å². The third-order valence-electron chi connectivity index (χ3n) is 7.51. The molecule has 2 aliphatic rings. The second-order valence-electron chi connectivity index (χ2n) is 10.3. The predicted molar refractivity (Wildman–Crippen MR) is 132 cm³/mol. The van der Waals surface area contributed by atoms with E-state index in [0.717, 1.165) is 61.2 Å². The summed E-state index contributed by atoms with van der Waals surface area (Å²) in [5.41, 5.74) is 7.95. The molecular weight excluding hydrogens is 485 g/mol. The Morgan fingerprint density at radius 1 is 1.11 bits per heavy atom. The average Bonchev–Trinajstić information content (AvgIpc) is 3.60. The predicted octanol–water partition coefficient (Wildman–Crippen LogP) is 2.93. The minimum absolute atomic E-state index is 0.107. The molecule has 1 aromatic carbocycles. The first-order valence-electron chi connectivity index (χ1n) is 12.2. The Morgan fingerprint density at radius 2 is 1.95 bits per heavy atom. The highest BCUT2D eigenvalue weighted by molar-refractivity contribution is 5.86. The zero-order valence-corrected chi connectivity index (χ0v) is 20.2. The fraction of sp³-hybridized carbons (Fsp3) is 0.440. The number of primary amides is 1. The summed E-state index contributed by atoms with van der Waals surface area (Å²) >= 11 is 0. The van der Waals surface area contributed by atoms with Crippen LogP contribution in [0.1, 0.15) is 18.4 Å². The molecule has 2 N–H and O–H groups in total. The van der Waals surface area contributed by atoms with Crippen molar-refractivity contribution in [1.29, 1.82) is 0 Å². The maximum absolute atomic E-state index is 12.9. The van der Waals surface area contributed by atoms with E-state index in [0.29, 0.717) is 11.2 Å². The topological polar surface area (TPSA) is 98.1 Å². The van der Waals surface area contributed by atoms with Crippen molar-refractivity contribution < 1.29 is 18.0 Å². The number of amides is 1. The van der Waals surface area contributed by atoms with E-state index in [-0.39, 0.29) is 23.5 Å². The molecule has 37 heavy (non-hydrogen) atoms. The second kappa shape index (κ2) is 8.72. The quantitative estimate of drug-likeness (QED) is 0.427. The SMILES string of the molecule is NC(=O)Cn1ccc2ccc(CN3CCC4(CCN(c5ncnc6nn(CC(F)(F)F)cc56)C4)C3)cc21. The first-order valence-corrected chi connectivity index (χ1v) is 12.2. The molecule has 1 atom stereocenters. The molecule has 4 aromatic rings. The van der Waals surface area contributed by atoms with Gasteiger partial charge in [-0.2, -0.15) is 18.3 Å². The molecule has 194 valence electrons. The van der Waals surface area contributed by atoms with Crippen LogP contribution in [-0.2, 0) is 24.4 Å². The summed E-state index contributed by atoms with van der Waals surface area (Å²) in [5.74, 6) is 0.276. The number of hydrogen-bond donors (Lipinski definition) is 1. The van der Waals surface area contributed by atoms with E-state index >= 15 is 0 Å². The maximum Gasteiger partial charge on any atom is 0.408 e. The minimum Gasteiger partial charge on any atom is -0.368 e. The fourth-order valence-corrected chi connectivity index (χ4v) is 5.89. The molecule has 6 rings (SSSR count). The van der Waals surface area contributed by atoms with Gasteiger partial charge in [-0.3, -0.25) is 14.4 Å². The number of aromatic nitrogens is 5. The Morgan fingerprint density at radius 3 is 2.76 bits per heavy atom. The third-order valence-corrected chi connectivity index (χ3v) is 7.51. The van der Waals surface area contributed by atoms with Gasteiger partial charge in [0, 0.05) is 49.5 Å². The van der Waals surface area contributed by atoms with Gasteiger partial charge in [-0.1, -0.05) is 12.1 Å². The molecule has 2 aliphatic heterocycles. The Labute approximate surface area is 210 Å². The molecule has 1 amide bonds. The maximum atomic E-state index is 12.9. The average molecular weight is 513 g/mol. The standard InChI is InChI=1S/C25H27F3N8O/c26-25(27,28)15-36-11-19-22(32-36)30-16-31-23(19)35-8-5-24(14-35)4-7-33(13-24)10-17-1-2-18-3-6-34(12-21(29)37)20(18)9-17/h1-3,6,9,11,16H,4-5,7-8,10,12-15H2,(H2,29,37). The molecule has 0 saturated carbocycles. The number of halogens is 3. The van der Waals surface area contributed by atoms with Crippen LogP contribution in [0.4, 0.5) is 19.0 Å². The zero-order valence-electron chi connectivity index (χ0n) is 20.2. The van der Waals surface area contributed by atoms with Crippen LogP contribution in [0, 0.1) is 5.41 Å². The lowest BCUT2D eigenvalue weighted by Crippen LogP contribution is -2.31. The summed E-state index contributed by atoms with van der Waals surface area (Å²) in [6.45, 7) is 3.29. The number of nitrogens with two attached hydrogens (primary N) is 1. The van der Waals surface area contributed by atoms with Gasteiger partial charge in [-0.15, -0.1) is 0 Å². The number of carbonyl (C=O) groups is 1. The summed E-state index contributed by atoms with van der Waals surface area (Å²) in [6.07, 6.45) is 2.34. The van der Waals surface area contributed by atoms with E-state index in [9.17, 15) is 18.0 Å². The number of hydrogen-bond acceptors (Lipinski definition) is 6. The molecule has 0 bridgehead atoms. The van der Waals surface area contributed by atoms with Crippen molar-refractivity contribution in [3.63, 3.8) is 0 Å². The summed E-state index contributed by atoms with van der Waals surface area (Å²) in [7, 11) is 0. The van der Waals surface area contributed by atoms with Crippen LogP contribution in [0.2, 0.25) is 0 Å². The van der Waals surface area contributed by atoms with Crippen molar-refractivity contribution in [3.8, 4) is 0 Å². The monoisotopic (exact) mass is 512 g/mol. The van der Waals surface area contributed by atoms with Crippen LogP contribution in [0.25, 0.3) is 21.9 Å². The zero-order chi connectivity index (χ0) is 25.8. The van der Waals surface area contributed by atoms with Crippen molar-refractivity contribution in [2.45, 2.75) is 38.7 Å². The van der Waals surface area contributed by atoms with E-state index < -0.39 is 12.7 Å². The van der Waals surface area contributed by atoms with Gasteiger partial charge in [0.2, 0.25) is 5.91 Å². The van der Waals surface area contributed by atoms with Gasteiger partial charge in [0.25, 0.3) is 0 Å². The molecule has 1 unspecified atom stereocenters. The van der Waals surface area contributed by atoms with Gasteiger partial charge >= 0.3 is 6.18 Å². The second-order valence-corrected chi connectivity index (χ2v) is 10.3. The van der Waals surface area contributed by atoms with E-state index in [1.54, 1.807) is 0 Å². The lowest BCUT2D eigenvalue weighted by molar-refractivity contribution is -0.142. The fourth-order valence-electron chi connectivity index (χ4n) is 5.89. The first kappa shape index (κ1) is 23.7. The molecule has 12 heteroatoms. The van der Waals surface area contributed by atoms with Gasteiger partial charge < -0.3 is 15.2 Å². The molecular formula is C25H27F3N8O. The molecule has 0 aliphatic carbocycles. The van der Waals surface area contributed by atoms with E-state index in [4.69, 9.17) is 5.73 Å². The van der Waals surface area contributed by atoms with Crippen molar-refractivity contribution in [3.05, 3.63) is 48.5 Å². The smallest absolute Gasteiger partial charge is 0.368 e. The van der Waals surface area contributed by atoms with Gasteiger partial charge in [0.05, 0.1) is 5.39 Å². The van der Waals surface area contributed by atoms with Gasteiger partial charge in [-0.25, -0.2) is 9.97 Å². The Hall–Kier alpha value is -3.67. The van der Waals surface area contributed by atoms with Crippen molar-refractivity contribution >= 4 is 33.7 Å². The number of nitrogens with zero attached hydrogens (tertiary/aromatic N) is 7. The van der Waals surface area contributed by atoms with Crippen LogP contribution in [-0.4, -0.2) is 67.5 Å². The number of fused-ring (bicyclic) bond motifs is 2. The largest absolute Gasteiger partial charge is 0.408 e. The number of carbonyl (C=O) groups excluding carboxylic acids is 1. The van der Waals surface area contributed by atoms with E-state index in [2.05, 4.69) is 43.1 Å². The summed E-state index contributed by atoms with van der Waals surface area (Å²) < 4.78 is 41.4. The lowest BCUT2D eigenvalue weighted by Gasteiger charge is -2.25. The third kappa shape index (κ3) is 4.73. The van der Waals surface area contributed by atoms with Crippen molar-refractivity contribution in [2.75, 3.05) is 31.1 Å². The number of benzene rings is 1. The van der Waals surface area contributed by atoms with Crippen LogP contribution in [0.5, 0.6) is 0 Å². The summed E-state index contributed by atoms with van der Waals surface area (Å²) in [5, 5.41) is 5.62. The van der Waals surface area contributed by atoms with Crippen LogP contribution in [0.15, 0.2) is 43.0 Å². The molecule has 0 radical (unpaired) electrons. The van der Waals surface area contributed by atoms with Crippen LogP contribution in [0.3, 0.4) is 0 Å². The summed E-state index contributed by atoms with van der Waals surface area (Å²) in [6, 6.07) is 8.31.